The lowest BCUT2D eigenvalue weighted by Gasteiger charge is -2.22. The number of hydrogen-bond donors (Lipinski definition) is 0. The Hall–Kier alpha value is -14.5. The lowest BCUT2D eigenvalue weighted by molar-refractivity contribution is 0.660. The fraction of sp³-hybridized carbons (Fsp3) is 0.0727. The maximum absolute atomic E-state index is 5.14. The van der Waals surface area contributed by atoms with Crippen molar-refractivity contribution in [1.82, 2.24) is 29.9 Å². The molecule has 0 amide bonds. The summed E-state index contributed by atoms with van der Waals surface area (Å²) in [5.74, 6) is 3.92. The Kier molecular flexibility index (Phi) is 17.0. The smallest absolute Gasteiger partial charge is 0.164 e. The highest BCUT2D eigenvalue weighted by molar-refractivity contribution is 5.94. The first-order valence-corrected chi connectivity index (χ1v) is 40.1. The molecular formula is C110H78N6. The third-order valence-corrected chi connectivity index (χ3v) is 24.5. The van der Waals surface area contributed by atoms with Crippen molar-refractivity contribution in [3.63, 3.8) is 0 Å². The molecule has 0 N–H and O–H groups in total. The minimum absolute atomic E-state index is 0.0336. The quantitative estimate of drug-likeness (QED) is 0.121. The van der Waals surface area contributed by atoms with E-state index in [1.807, 2.05) is 84.9 Å². The third-order valence-electron chi connectivity index (χ3n) is 24.5. The molecule has 0 radical (unpaired) electrons. The van der Waals surface area contributed by atoms with Gasteiger partial charge in [-0.2, -0.15) is 0 Å². The van der Waals surface area contributed by atoms with Crippen molar-refractivity contribution in [1.29, 1.82) is 0 Å². The Morgan fingerprint density at radius 2 is 0.379 bits per heavy atom. The van der Waals surface area contributed by atoms with E-state index in [-0.39, 0.29) is 10.8 Å². The molecule has 6 heteroatoms. The SMILES string of the molecule is CC1(C)c2ccccc2-c2ccc(-c3cccc4c3Cc3c(-c5ccc(-c6cccc(-c7nc(-c8ccccc8)nc(-c8ccccc8)n7)c6)cc5)cccc3-4)cc21.CC1(C)c2ccccc2-c2ccc(-c3cccc4c3Cc3c(-c5cccc(-c6nc(-c7ccccc7)nc(-c7cccc(-c8ccccc8)c7)n6)c5)cccc3-4)cc21. The Morgan fingerprint density at radius 3 is 0.750 bits per heavy atom. The van der Waals surface area contributed by atoms with E-state index in [0.717, 1.165) is 74.0 Å². The molecule has 0 saturated heterocycles. The highest BCUT2D eigenvalue weighted by Crippen LogP contribution is 2.54. The summed E-state index contributed by atoms with van der Waals surface area (Å²) in [6.45, 7) is 9.44. The van der Waals surface area contributed by atoms with Gasteiger partial charge in [-0.1, -0.05) is 373 Å². The zero-order valence-electron chi connectivity index (χ0n) is 64.9. The van der Waals surface area contributed by atoms with Gasteiger partial charge in [-0.3, -0.25) is 0 Å². The number of benzene rings is 16. The van der Waals surface area contributed by atoms with Crippen LogP contribution in [0.25, 0.3) is 180 Å². The standard InChI is InChI=1S/2C55H39N3/c1-55(2)50-28-10-9-23-46(50)47-30-29-39(33-51(47)55)43-25-14-27-45-44-26-13-24-42(48(44)34-49(43)45)38-20-12-22-41(32-38)54-57-52(36-17-7-4-8-18-36)56-53(58-54)40-21-11-19-37(31-40)35-15-5-3-6-16-35;1-55(2)50-25-10-9-20-46(50)47-31-30-40(33-51(47)55)43-22-13-24-45-44-23-12-21-42(48(44)34-49(43)45)36-28-26-35(27-29-36)39-18-11-19-41(32-39)54-57-52(37-14-5-3-6-15-37)56-53(58-54)38-16-7-4-8-17-38/h2*3-33H,34H2,1-2H3. The predicted molar refractivity (Wildman–Crippen MR) is 476 cm³/mol. The number of aromatic nitrogens is 6. The molecule has 4 aliphatic rings. The zero-order valence-corrected chi connectivity index (χ0v) is 64.9. The van der Waals surface area contributed by atoms with Gasteiger partial charge in [0.25, 0.3) is 0 Å². The summed E-state index contributed by atoms with van der Waals surface area (Å²) in [7, 11) is 0. The Morgan fingerprint density at radius 1 is 0.155 bits per heavy atom. The molecule has 0 saturated carbocycles. The second-order valence-corrected chi connectivity index (χ2v) is 31.9. The van der Waals surface area contributed by atoms with E-state index >= 15 is 0 Å². The Balaban J connectivity index is 0.000000145. The van der Waals surface area contributed by atoms with Crippen LogP contribution in [0.5, 0.6) is 0 Å². The minimum atomic E-state index is -0.0472. The van der Waals surface area contributed by atoms with E-state index in [1.165, 1.54) is 128 Å². The molecule has 22 rings (SSSR count). The fourth-order valence-electron chi connectivity index (χ4n) is 18.6. The van der Waals surface area contributed by atoms with Crippen LogP contribution < -0.4 is 0 Å². The van der Waals surface area contributed by atoms with Gasteiger partial charge in [-0.25, -0.2) is 29.9 Å². The van der Waals surface area contributed by atoms with Crippen molar-refractivity contribution in [2.45, 2.75) is 51.4 Å². The number of hydrogen-bond acceptors (Lipinski definition) is 6. The van der Waals surface area contributed by atoms with E-state index in [4.69, 9.17) is 29.9 Å². The molecule has 0 aliphatic heterocycles. The predicted octanol–water partition coefficient (Wildman–Crippen LogP) is 27.5. The van der Waals surface area contributed by atoms with Crippen LogP contribution in [0.15, 0.2) is 376 Å². The monoisotopic (exact) mass is 1480 g/mol. The van der Waals surface area contributed by atoms with Gasteiger partial charge in [0.05, 0.1) is 0 Å². The number of nitrogens with zero attached hydrogens (tertiary/aromatic N) is 6. The Bertz CT molecular complexity index is 6870. The van der Waals surface area contributed by atoms with E-state index in [2.05, 4.69) is 319 Å². The van der Waals surface area contributed by atoms with Crippen LogP contribution in [-0.4, -0.2) is 29.9 Å². The second kappa shape index (κ2) is 28.3. The third kappa shape index (κ3) is 12.2. The van der Waals surface area contributed by atoms with Crippen LogP contribution >= 0.6 is 0 Å². The van der Waals surface area contributed by atoms with Crippen LogP contribution in [0.3, 0.4) is 0 Å². The molecule has 16 aromatic carbocycles. The van der Waals surface area contributed by atoms with Crippen molar-refractivity contribution >= 4 is 0 Å². The topological polar surface area (TPSA) is 77.3 Å². The number of fused-ring (bicyclic) bond motifs is 12. The van der Waals surface area contributed by atoms with E-state index in [9.17, 15) is 0 Å². The van der Waals surface area contributed by atoms with E-state index in [0.29, 0.717) is 34.9 Å². The maximum atomic E-state index is 5.14. The molecule has 0 spiro atoms. The first-order valence-electron chi connectivity index (χ1n) is 40.1. The summed E-state index contributed by atoms with van der Waals surface area (Å²) >= 11 is 0. The second-order valence-electron chi connectivity index (χ2n) is 31.9. The molecule has 18 aromatic rings. The van der Waals surface area contributed by atoms with Gasteiger partial charge in [0.2, 0.25) is 0 Å². The molecule has 4 aliphatic carbocycles. The summed E-state index contributed by atoms with van der Waals surface area (Å²) in [6, 6.07) is 135. The van der Waals surface area contributed by atoms with Crippen LogP contribution in [0.2, 0.25) is 0 Å². The summed E-state index contributed by atoms with van der Waals surface area (Å²) in [6.07, 6.45) is 1.77. The molecule has 0 bridgehead atoms. The van der Waals surface area contributed by atoms with E-state index < -0.39 is 0 Å². The van der Waals surface area contributed by atoms with Crippen LogP contribution in [0, 0.1) is 0 Å². The largest absolute Gasteiger partial charge is 0.208 e. The van der Waals surface area contributed by atoms with Gasteiger partial charge >= 0.3 is 0 Å². The molecule has 2 aromatic heterocycles. The molecule has 0 unspecified atom stereocenters. The average Bonchev–Trinajstić information content (AvgIpc) is 1.58. The molecule has 0 fully saturated rings. The summed E-state index contributed by atoms with van der Waals surface area (Å²) in [4.78, 5) is 30.1. The van der Waals surface area contributed by atoms with Crippen molar-refractivity contribution in [3.05, 3.63) is 421 Å². The van der Waals surface area contributed by atoms with Crippen LogP contribution in [0.1, 0.15) is 72.2 Å². The molecular weight excluding hydrogens is 1410 g/mol. The van der Waals surface area contributed by atoms with Crippen LogP contribution in [0.4, 0.5) is 0 Å². The molecule has 548 valence electrons. The highest BCUT2D eigenvalue weighted by Gasteiger charge is 2.38. The number of rotatable bonds is 12. The Labute approximate surface area is 677 Å². The highest BCUT2D eigenvalue weighted by atomic mass is 15.0. The van der Waals surface area contributed by atoms with Gasteiger partial charge in [-0.05, 0) is 199 Å². The van der Waals surface area contributed by atoms with Crippen LogP contribution in [-0.2, 0) is 23.7 Å². The van der Waals surface area contributed by atoms with E-state index in [1.54, 1.807) is 0 Å². The molecule has 0 atom stereocenters. The summed E-state index contributed by atoms with van der Waals surface area (Å²) in [5, 5.41) is 0. The maximum Gasteiger partial charge on any atom is 0.164 e. The molecule has 116 heavy (non-hydrogen) atoms. The first kappa shape index (κ1) is 69.5. The fourth-order valence-corrected chi connectivity index (χ4v) is 18.6. The first-order chi connectivity index (χ1) is 57.0. The lowest BCUT2D eigenvalue weighted by Crippen LogP contribution is -2.14. The van der Waals surface area contributed by atoms with Crippen molar-refractivity contribution in [2.75, 3.05) is 0 Å². The summed E-state index contributed by atoms with van der Waals surface area (Å²) in [5.41, 5.74) is 42.2. The minimum Gasteiger partial charge on any atom is -0.208 e. The lowest BCUT2D eigenvalue weighted by atomic mass is 9.81. The van der Waals surface area contributed by atoms with Gasteiger partial charge in [-0.15, -0.1) is 0 Å². The molecule has 2 heterocycles. The average molecular weight is 1480 g/mol. The van der Waals surface area contributed by atoms with Crippen molar-refractivity contribution in [3.8, 4) is 180 Å². The zero-order chi connectivity index (χ0) is 77.6. The summed E-state index contributed by atoms with van der Waals surface area (Å²) < 4.78 is 0. The van der Waals surface area contributed by atoms with Gasteiger partial charge in [0.1, 0.15) is 0 Å². The van der Waals surface area contributed by atoms with Gasteiger partial charge in [0, 0.05) is 44.2 Å². The normalized spacial score (nSPS) is 13.1. The van der Waals surface area contributed by atoms with Crippen molar-refractivity contribution < 1.29 is 0 Å². The molecule has 6 nitrogen and oxygen atoms in total. The van der Waals surface area contributed by atoms with Gasteiger partial charge in [0.15, 0.2) is 34.9 Å². The van der Waals surface area contributed by atoms with Crippen molar-refractivity contribution in [2.24, 2.45) is 0 Å². The van der Waals surface area contributed by atoms with Gasteiger partial charge < -0.3 is 0 Å².